The summed E-state index contributed by atoms with van der Waals surface area (Å²) in [6.07, 6.45) is 1.82. The molecule has 1 atom stereocenters. The van der Waals surface area contributed by atoms with Crippen LogP contribution in [0.15, 0.2) is 24.3 Å². The molecule has 1 aromatic carbocycles. The summed E-state index contributed by atoms with van der Waals surface area (Å²) in [6, 6.07) is 7.64. The summed E-state index contributed by atoms with van der Waals surface area (Å²) < 4.78 is 0. The molecule has 2 rings (SSSR count). The number of aliphatic carboxylic acids is 1. The number of carbonyl (C=O) groups excluding carboxylic acids is 1. The van der Waals surface area contributed by atoms with Crippen LogP contribution in [0.25, 0.3) is 0 Å². The van der Waals surface area contributed by atoms with E-state index in [1.165, 1.54) is 0 Å². The fourth-order valence-electron chi connectivity index (χ4n) is 2.16. The highest BCUT2D eigenvalue weighted by Crippen LogP contribution is 2.33. The number of carboxylic acid groups (broad SMARTS) is 1. The van der Waals surface area contributed by atoms with Gasteiger partial charge in [0.2, 0.25) is 5.91 Å². The minimum atomic E-state index is -0.881. The molecule has 1 amide bonds. The van der Waals surface area contributed by atoms with Crippen LogP contribution in [0.5, 0.6) is 0 Å². The van der Waals surface area contributed by atoms with E-state index in [4.69, 9.17) is 5.11 Å². The molecule has 1 aliphatic carbocycles. The third kappa shape index (κ3) is 3.74. The van der Waals surface area contributed by atoms with Crippen LogP contribution in [0.4, 0.5) is 11.4 Å². The highest BCUT2D eigenvalue weighted by Gasteiger charge is 2.35. The SMILES string of the molecule is CC(CN(C(=O)C1CC1)c1ccc(N(C)C)cc1)C(=O)O. The zero-order valence-corrected chi connectivity index (χ0v) is 12.7. The van der Waals surface area contributed by atoms with Crippen molar-refractivity contribution in [3.63, 3.8) is 0 Å². The number of nitrogens with zero attached hydrogens (tertiary/aromatic N) is 2. The number of amides is 1. The zero-order chi connectivity index (χ0) is 15.6. The second kappa shape index (κ2) is 6.16. The number of hydrogen-bond donors (Lipinski definition) is 1. The lowest BCUT2D eigenvalue weighted by Gasteiger charge is -2.25. The number of hydrogen-bond acceptors (Lipinski definition) is 3. The van der Waals surface area contributed by atoms with E-state index in [2.05, 4.69) is 0 Å². The van der Waals surface area contributed by atoms with Gasteiger partial charge in [0, 0.05) is 37.9 Å². The highest BCUT2D eigenvalue weighted by molar-refractivity contribution is 5.97. The van der Waals surface area contributed by atoms with Gasteiger partial charge in [-0.1, -0.05) is 6.92 Å². The minimum Gasteiger partial charge on any atom is -0.481 e. The summed E-state index contributed by atoms with van der Waals surface area (Å²) in [4.78, 5) is 27.1. The third-order valence-electron chi connectivity index (χ3n) is 3.75. The van der Waals surface area contributed by atoms with Crippen molar-refractivity contribution in [2.45, 2.75) is 19.8 Å². The standard InChI is InChI=1S/C16H22N2O3/c1-11(16(20)21)10-18(15(19)12-4-5-12)14-8-6-13(7-9-14)17(2)3/h6-9,11-12H,4-5,10H2,1-3H3,(H,20,21). The van der Waals surface area contributed by atoms with Crippen molar-refractivity contribution in [3.05, 3.63) is 24.3 Å². The maximum absolute atomic E-state index is 12.4. The van der Waals surface area contributed by atoms with Crippen molar-refractivity contribution in [2.75, 3.05) is 30.4 Å². The number of carbonyl (C=O) groups is 2. The zero-order valence-electron chi connectivity index (χ0n) is 12.7. The predicted molar refractivity (Wildman–Crippen MR) is 82.6 cm³/mol. The summed E-state index contributed by atoms with van der Waals surface area (Å²) in [7, 11) is 3.91. The van der Waals surface area contributed by atoms with Crippen molar-refractivity contribution in [1.82, 2.24) is 0 Å². The van der Waals surface area contributed by atoms with Crippen LogP contribution in [0.1, 0.15) is 19.8 Å². The van der Waals surface area contributed by atoms with Gasteiger partial charge in [0.05, 0.1) is 5.92 Å². The lowest BCUT2D eigenvalue weighted by molar-refractivity contribution is -0.140. The van der Waals surface area contributed by atoms with E-state index in [1.807, 2.05) is 43.3 Å². The summed E-state index contributed by atoms with van der Waals surface area (Å²) in [5.41, 5.74) is 1.81. The maximum atomic E-state index is 12.4. The Morgan fingerprint density at radius 1 is 1.19 bits per heavy atom. The Balaban J connectivity index is 2.21. The molecule has 1 fully saturated rings. The molecule has 0 radical (unpaired) electrons. The molecule has 0 spiro atoms. The van der Waals surface area contributed by atoms with E-state index < -0.39 is 11.9 Å². The van der Waals surface area contributed by atoms with E-state index in [9.17, 15) is 9.59 Å². The summed E-state index contributed by atoms with van der Waals surface area (Å²) in [6.45, 7) is 1.84. The van der Waals surface area contributed by atoms with Crippen molar-refractivity contribution in [1.29, 1.82) is 0 Å². The van der Waals surface area contributed by atoms with Crippen LogP contribution in [0.3, 0.4) is 0 Å². The van der Waals surface area contributed by atoms with E-state index >= 15 is 0 Å². The van der Waals surface area contributed by atoms with Crippen LogP contribution in [0, 0.1) is 11.8 Å². The third-order valence-corrected chi connectivity index (χ3v) is 3.75. The number of anilines is 2. The first-order chi connectivity index (χ1) is 9.90. The molecule has 0 aliphatic heterocycles. The molecule has 5 heteroatoms. The van der Waals surface area contributed by atoms with E-state index in [0.29, 0.717) is 0 Å². The Labute approximate surface area is 125 Å². The van der Waals surface area contributed by atoms with Crippen molar-refractivity contribution >= 4 is 23.3 Å². The lowest BCUT2D eigenvalue weighted by atomic mass is 10.1. The maximum Gasteiger partial charge on any atom is 0.308 e. The monoisotopic (exact) mass is 290 g/mol. The Kier molecular flexibility index (Phi) is 4.50. The van der Waals surface area contributed by atoms with Crippen LogP contribution in [-0.2, 0) is 9.59 Å². The lowest BCUT2D eigenvalue weighted by Crippen LogP contribution is -2.38. The van der Waals surface area contributed by atoms with Crippen molar-refractivity contribution in [2.24, 2.45) is 11.8 Å². The molecule has 1 aliphatic rings. The average molecular weight is 290 g/mol. The Morgan fingerprint density at radius 3 is 2.14 bits per heavy atom. The molecule has 5 nitrogen and oxygen atoms in total. The number of benzene rings is 1. The van der Waals surface area contributed by atoms with Gasteiger partial charge in [-0.3, -0.25) is 9.59 Å². The van der Waals surface area contributed by atoms with Gasteiger partial charge in [-0.25, -0.2) is 0 Å². The normalized spacial score (nSPS) is 15.4. The molecule has 0 heterocycles. The van der Waals surface area contributed by atoms with Gasteiger partial charge >= 0.3 is 5.97 Å². The van der Waals surface area contributed by atoms with Gasteiger partial charge in [-0.15, -0.1) is 0 Å². The molecule has 114 valence electrons. The van der Waals surface area contributed by atoms with Crippen molar-refractivity contribution < 1.29 is 14.7 Å². The van der Waals surface area contributed by atoms with Crippen LogP contribution < -0.4 is 9.80 Å². The molecule has 1 unspecified atom stereocenters. The van der Waals surface area contributed by atoms with Gasteiger partial charge in [0.25, 0.3) is 0 Å². The van der Waals surface area contributed by atoms with Gasteiger partial charge in [-0.2, -0.15) is 0 Å². The topological polar surface area (TPSA) is 60.9 Å². The Morgan fingerprint density at radius 2 is 1.71 bits per heavy atom. The Bertz CT molecular complexity index is 521. The fourth-order valence-corrected chi connectivity index (χ4v) is 2.16. The summed E-state index contributed by atoms with van der Waals surface area (Å²) in [5.74, 6) is -1.35. The van der Waals surface area contributed by atoms with E-state index in [0.717, 1.165) is 24.2 Å². The largest absolute Gasteiger partial charge is 0.481 e. The predicted octanol–water partition coefficient (Wildman–Crippen LogP) is 2.22. The highest BCUT2D eigenvalue weighted by atomic mass is 16.4. The molecule has 0 saturated heterocycles. The van der Waals surface area contributed by atoms with Crippen LogP contribution in [-0.4, -0.2) is 37.6 Å². The molecule has 1 saturated carbocycles. The fraction of sp³-hybridized carbons (Fsp3) is 0.500. The molecular weight excluding hydrogens is 268 g/mol. The second-order valence-electron chi connectivity index (χ2n) is 5.87. The first kappa shape index (κ1) is 15.4. The molecule has 1 N–H and O–H groups in total. The molecular formula is C16H22N2O3. The van der Waals surface area contributed by atoms with Gasteiger partial charge in [-0.05, 0) is 37.1 Å². The summed E-state index contributed by atoms with van der Waals surface area (Å²) >= 11 is 0. The van der Waals surface area contributed by atoms with Crippen molar-refractivity contribution in [3.8, 4) is 0 Å². The van der Waals surface area contributed by atoms with Gasteiger partial charge < -0.3 is 14.9 Å². The minimum absolute atomic E-state index is 0.0423. The number of rotatable bonds is 6. The van der Waals surface area contributed by atoms with Gasteiger partial charge in [0.15, 0.2) is 0 Å². The molecule has 1 aromatic rings. The average Bonchev–Trinajstić information content (AvgIpc) is 3.28. The molecule has 0 bridgehead atoms. The van der Waals surface area contributed by atoms with E-state index in [-0.39, 0.29) is 18.4 Å². The smallest absolute Gasteiger partial charge is 0.308 e. The Hall–Kier alpha value is -2.04. The first-order valence-electron chi connectivity index (χ1n) is 7.21. The molecule has 21 heavy (non-hydrogen) atoms. The first-order valence-corrected chi connectivity index (χ1v) is 7.21. The summed E-state index contributed by atoms with van der Waals surface area (Å²) in [5, 5.41) is 9.09. The van der Waals surface area contributed by atoms with Gasteiger partial charge in [0.1, 0.15) is 0 Å². The van der Waals surface area contributed by atoms with Crippen LogP contribution >= 0.6 is 0 Å². The molecule has 0 aromatic heterocycles. The second-order valence-corrected chi connectivity index (χ2v) is 5.87. The quantitative estimate of drug-likeness (QED) is 0.872. The number of carboxylic acids is 1. The van der Waals surface area contributed by atoms with E-state index in [1.54, 1.807) is 11.8 Å². The van der Waals surface area contributed by atoms with Crippen LogP contribution in [0.2, 0.25) is 0 Å².